The molecule has 8 aromatic carbocycles. The summed E-state index contributed by atoms with van der Waals surface area (Å²) in [6, 6.07) is 59.9. The van der Waals surface area contributed by atoms with E-state index in [1.807, 2.05) is 170 Å². The van der Waals surface area contributed by atoms with Crippen molar-refractivity contribution in [3.05, 3.63) is 307 Å². The molecule has 99 heavy (non-hydrogen) atoms. The normalized spacial score (nSPS) is 22.8. The van der Waals surface area contributed by atoms with Gasteiger partial charge in [0.2, 0.25) is 0 Å². The van der Waals surface area contributed by atoms with E-state index in [9.17, 15) is 19.2 Å². The fraction of sp³-hybridized carbons (Fsp3) is 0.233. The molecule has 8 atom stereocenters. The van der Waals surface area contributed by atoms with Crippen LogP contribution in [0.15, 0.2) is 251 Å². The van der Waals surface area contributed by atoms with Gasteiger partial charge in [0, 0.05) is 105 Å². The summed E-state index contributed by atoms with van der Waals surface area (Å²) in [5, 5.41) is 10.1. The molecule has 0 unspecified atom stereocenters. The average Bonchev–Trinajstić information content (AvgIpc) is 1.63. The molecule has 0 aromatic heterocycles. The van der Waals surface area contributed by atoms with E-state index in [1.165, 1.54) is 12.8 Å². The number of rotatable bonds is 12. The average molecular weight is 1340 g/mol. The molecule has 3 heterocycles. The third-order valence-corrected chi connectivity index (χ3v) is 20.7. The first-order chi connectivity index (χ1) is 47.8. The van der Waals surface area contributed by atoms with Crippen molar-refractivity contribution in [2.45, 2.75) is 53.8 Å². The summed E-state index contributed by atoms with van der Waals surface area (Å²) < 4.78 is 11.4. The topological polar surface area (TPSA) is 146 Å². The SMILES string of the molecule is CC1=Nc2ccccc2[N-]/C(C)=C(/C(=O)c2ccc(C#Cc3ccc(COC(=O)c4ccc(N5C[C@@H]6[C@H](C5)[C@@H]5C=C[C@H]6C5)cc4)cc3)cc2)C(C)=Nc2ccccc2[N-]/C(C)=C\1C(=O)c1ccc(C#Cc2ccc(COC(=O)c3ccc(N4C[C@@H]5[C@H](C4)[C@@H]4C=C[C@H]5C4)cc3)cc2)cc1.[Ni+2]. The maximum absolute atomic E-state index is 14.8. The number of ketones is 2. The number of para-hydroxylation sites is 4. The van der Waals surface area contributed by atoms with Crippen molar-refractivity contribution in [1.82, 2.24) is 0 Å². The van der Waals surface area contributed by atoms with Crippen LogP contribution in [0, 0.1) is 71.0 Å². The van der Waals surface area contributed by atoms with Gasteiger partial charge in [-0.25, -0.2) is 9.59 Å². The van der Waals surface area contributed by atoms with Gasteiger partial charge in [0.1, 0.15) is 13.2 Å². The Hall–Kier alpha value is -10.8. The van der Waals surface area contributed by atoms with Crippen LogP contribution in [0.25, 0.3) is 10.6 Å². The van der Waals surface area contributed by atoms with E-state index < -0.39 is 0 Å². The van der Waals surface area contributed by atoms with Gasteiger partial charge in [-0.05, 0) is 219 Å². The van der Waals surface area contributed by atoms with E-state index in [2.05, 4.69) is 57.8 Å². The van der Waals surface area contributed by atoms with Crippen molar-refractivity contribution < 1.29 is 45.1 Å². The van der Waals surface area contributed by atoms with E-state index in [0.29, 0.717) is 90.1 Å². The fourth-order valence-corrected chi connectivity index (χ4v) is 15.6. The van der Waals surface area contributed by atoms with Crippen LogP contribution in [0.2, 0.25) is 0 Å². The molecule has 2 saturated heterocycles. The molecule has 4 bridgehead atoms. The smallest absolute Gasteiger partial charge is 0.659 e. The van der Waals surface area contributed by atoms with Crippen LogP contribution >= 0.6 is 0 Å². The fourth-order valence-electron chi connectivity index (χ4n) is 15.6. The number of ether oxygens (including phenoxy) is 2. The molecule has 0 N–H and O–H groups in total. The zero-order valence-electron chi connectivity index (χ0n) is 55.5. The van der Waals surface area contributed by atoms with E-state index >= 15 is 0 Å². The molecule has 0 amide bonds. The Morgan fingerprint density at radius 3 is 1.04 bits per heavy atom. The first-order valence-corrected chi connectivity index (χ1v) is 33.9. The molecule has 0 spiro atoms. The van der Waals surface area contributed by atoms with Gasteiger partial charge in [-0.15, -0.1) is 22.8 Å². The molecule has 7 aliphatic rings. The van der Waals surface area contributed by atoms with Crippen LogP contribution in [0.3, 0.4) is 0 Å². The van der Waals surface area contributed by atoms with Crippen LogP contribution in [0.4, 0.5) is 34.1 Å². The minimum atomic E-state index is -0.360. The van der Waals surface area contributed by atoms with Crippen LogP contribution in [-0.4, -0.2) is 61.1 Å². The van der Waals surface area contributed by atoms with Gasteiger partial charge in [0.15, 0.2) is 11.6 Å². The Bertz CT molecular complexity index is 4470. The van der Waals surface area contributed by atoms with E-state index in [-0.39, 0.29) is 53.2 Å². The van der Waals surface area contributed by atoms with Gasteiger partial charge in [-0.1, -0.05) is 122 Å². The molecule has 2 saturated carbocycles. The van der Waals surface area contributed by atoms with Crippen molar-refractivity contribution in [2.24, 2.45) is 57.3 Å². The van der Waals surface area contributed by atoms with E-state index in [4.69, 9.17) is 30.1 Å². The quantitative estimate of drug-likeness (QED) is 0.0386. The van der Waals surface area contributed by atoms with Crippen LogP contribution < -0.4 is 9.80 Å². The number of carbonyl (C=O) groups is 4. The zero-order chi connectivity index (χ0) is 67.0. The van der Waals surface area contributed by atoms with Crippen molar-refractivity contribution in [1.29, 1.82) is 0 Å². The summed E-state index contributed by atoms with van der Waals surface area (Å²) in [6.07, 6.45) is 12.3. The van der Waals surface area contributed by atoms with Gasteiger partial charge in [0.05, 0.1) is 11.1 Å². The molecular formula is C86H72N6NiO6. The molecule has 15 rings (SSSR count). The molecule has 3 aliphatic heterocycles. The standard InChI is InChI=1S/C86H74N6O6.Ni/c1-53-81(83(93)63-29-25-59(26-30-63)15-13-57-17-21-61(22-18-57)51-97-85(95)65-37-41-71(42-38-65)91-47-73-67-33-34-68(45-67)74(73)48-91)54(2)88-79-11-7-8-12-80(79)90-56(4)82(55(3)89-78-10-6-5-9-77(78)87-53)84(94)64-31-27-60(28-32-64)16-14-58-19-23-62(24-20-58)52-98-86(96)66-39-43-72(44-40-66)92-49-75-69-35-36-70(46-69)76(75)50-92;/h5-12,17-44,67-70,73-76H,45-52H2,1-4H3,(H2,87,88,89,90,93,94);/q;+2/p-2/t67-,68+,69-,70+,73-,74+,75-,76+;. The Morgan fingerprint density at radius 1 is 0.404 bits per heavy atom. The van der Waals surface area contributed by atoms with Crippen molar-refractivity contribution in [3.63, 3.8) is 0 Å². The van der Waals surface area contributed by atoms with Gasteiger partial charge < -0.3 is 29.9 Å². The zero-order valence-corrected chi connectivity index (χ0v) is 56.5. The molecule has 8 aromatic rings. The van der Waals surface area contributed by atoms with E-state index in [1.54, 1.807) is 52.0 Å². The summed E-state index contributed by atoms with van der Waals surface area (Å²) >= 11 is 0. The third kappa shape index (κ3) is 13.9. The molecular weight excluding hydrogens is 1270 g/mol. The monoisotopic (exact) mass is 1340 g/mol. The largest absolute Gasteiger partial charge is 2.00 e. The number of esters is 2. The van der Waals surface area contributed by atoms with Gasteiger partial charge >= 0.3 is 28.4 Å². The Morgan fingerprint density at radius 2 is 0.707 bits per heavy atom. The number of allylic oxidation sites excluding steroid dienone is 8. The second-order valence-corrected chi connectivity index (χ2v) is 26.8. The minimum absolute atomic E-state index is 0. The predicted molar refractivity (Wildman–Crippen MR) is 387 cm³/mol. The third-order valence-electron chi connectivity index (χ3n) is 20.7. The van der Waals surface area contributed by atoms with Crippen LogP contribution in [-0.2, 0) is 39.2 Å². The summed E-state index contributed by atoms with van der Waals surface area (Å²) in [4.78, 5) is 70.8. The minimum Gasteiger partial charge on any atom is -0.659 e. The molecule has 13 heteroatoms. The molecule has 4 aliphatic carbocycles. The maximum atomic E-state index is 14.8. The molecule has 4 fully saturated rings. The second-order valence-electron chi connectivity index (χ2n) is 26.8. The van der Waals surface area contributed by atoms with Crippen LogP contribution in [0.1, 0.15) is 115 Å². The number of Topliss-reactive ketones (excluding diaryl/α,β-unsaturated/α-hetero) is 2. The van der Waals surface area contributed by atoms with Crippen molar-refractivity contribution in [3.8, 4) is 23.7 Å². The molecule has 492 valence electrons. The van der Waals surface area contributed by atoms with Gasteiger partial charge in [0.25, 0.3) is 0 Å². The van der Waals surface area contributed by atoms with Crippen LogP contribution in [0.5, 0.6) is 0 Å². The number of aliphatic imine (C=N–C) groups is 2. The summed E-state index contributed by atoms with van der Waals surface area (Å²) in [7, 11) is 0. The number of fused-ring (bicyclic) bond motifs is 12. The van der Waals surface area contributed by atoms with Gasteiger partial charge in [-0.2, -0.15) is 0 Å². The summed E-state index contributed by atoms with van der Waals surface area (Å²) in [5.41, 5.74) is 13.2. The molecule has 0 radical (unpaired) electrons. The predicted octanol–water partition coefficient (Wildman–Crippen LogP) is 17.9. The number of nitrogens with zero attached hydrogens (tertiary/aromatic N) is 6. The number of carbonyl (C=O) groups excluding carboxylic acids is 4. The Balaban J connectivity index is 0.00000836. The second kappa shape index (κ2) is 28.3. The molecule has 12 nitrogen and oxygen atoms in total. The summed E-state index contributed by atoms with van der Waals surface area (Å²) in [6.45, 7) is 11.7. The maximum Gasteiger partial charge on any atom is 2.00 e. The number of hydrogen-bond donors (Lipinski definition) is 0. The summed E-state index contributed by atoms with van der Waals surface area (Å²) in [5.74, 6) is 17.5. The van der Waals surface area contributed by atoms with Crippen molar-refractivity contribution >= 4 is 69.1 Å². The van der Waals surface area contributed by atoms with E-state index in [0.717, 1.165) is 107 Å². The number of anilines is 2. The first kappa shape index (κ1) is 65.4. The Labute approximate surface area is 588 Å². The number of hydrogen-bond acceptors (Lipinski definition) is 10. The van der Waals surface area contributed by atoms with Crippen molar-refractivity contribution in [2.75, 3.05) is 36.0 Å². The Kier molecular flexibility index (Phi) is 18.7. The van der Waals surface area contributed by atoms with Gasteiger partial charge in [-0.3, -0.25) is 19.6 Å². The first-order valence-electron chi connectivity index (χ1n) is 33.9. The number of benzene rings is 8.